The quantitative estimate of drug-likeness (QED) is 0.824. The Morgan fingerprint density at radius 2 is 2.12 bits per heavy atom. The molecule has 0 aromatic heterocycles. The summed E-state index contributed by atoms with van der Waals surface area (Å²) in [5.74, 6) is 0.180. The number of benzene rings is 1. The molecule has 16 heavy (non-hydrogen) atoms. The molecule has 0 saturated carbocycles. The van der Waals surface area contributed by atoms with Gasteiger partial charge in [-0.25, -0.2) is 0 Å². The Balaban J connectivity index is 1.93. The highest BCUT2D eigenvalue weighted by atomic mass is 16.2. The number of hydrogen-bond donors (Lipinski definition) is 1. The number of nitrogens with one attached hydrogen (secondary N) is 1. The van der Waals surface area contributed by atoms with Crippen molar-refractivity contribution in [2.45, 2.75) is 25.8 Å². The highest BCUT2D eigenvalue weighted by Crippen LogP contribution is 2.15. The molecule has 0 spiro atoms. The molecule has 1 aromatic rings. The van der Waals surface area contributed by atoms with Crippen LogP contribution in [-0.4, -0.2) is 29.9 Å². The van der Waals surface area contributed by atoms with Gasteiger partial charge in [-0.15, -0.1) is 0 Å². The second-order valence-electron chi connectivity index (χ2n) is 4.31. The van der Waals surface area contributed by atoms with Crippen LogP contribution in [0.1, 0.15) is 19.8 Å². The van der Waals surface area contributed by atoms with Gasteiger partial charge in [-0.1, -0.05) is 18.2 Å². The molecule has 1 unspecified atom stereocenters. The van der Waals surface area contributed by atoms with Crippen molar-refractivity contribution in [2.75, 3.05) is 18.4 Å². The molecule has 0 bridgehead atoms. The highest BCUT2D eigenvalue weighted by molar-refractivity contribution is 5.73. The van der Waals surface area contributed by atoms with Crippen LogP contribution >= 0.6 is 0 Å². The third-order valence-electron chi connectivity index (χ3n) is 3.01. The summed E-state index contributed by atoms with van der Waals surface area (Å²) >= 11 is 0. The zero-order chi connectivity index (χ0) is 11.4. The first-order valence-electron chi connectivity index (χ1n) is 5.83. The van der Waals surface area contributed by atoms with E-state index in [4.69, 9.17) is 0 Å². The highest BCUT2D eigenvalue weighted by Gasteiger charge is 2.20. The van der Waals surface area contributed by atoms with E-state index >= 15 is 0 Å². The maximum Gasteiger partial charge on any atom is 0.219 e. The van der Waals surface area contributed by atoms with Crippen molar-refractivity contribution in [3.8, 4) is 0 Å². The number of nitrogens with zero attached hydrogens (tertiary/aromatic N) is 1. The van der Waals surface area contributed by atoms with Gasteiger partial charge < -0.3 is 10.2 Å². The predicted molar refractivity (Wildman–Crippen MR) is 65.3 cm³/mol. The molecular formula is C13H18N2O. The van der Waals surface area contributed by atoms with Crippen LogP contribution < -0.4 is 5.32 Å². The fourth-order valence-electron chi connectivity index (χ4n) is 2.15. The van der Waals surface area contributed by atoms with Crippen molar-refractivity contribution in [3.05, 3.63) is 30.3 Å². The van der Waals surface area contributed by atoms with Crippen LogP contribution in [0, 0.1) is 0 Å². The molecule has 0 aliphatic carbocycles. The Morgan fingerprint density at radius 3 is 2.81 bits per heavy atom. The van der Waals surface area contributed by atoms with Crippen LogP contribution in [0.2, 0.25) is 0 Å². The standard InChI is InChI=1S/C13H18N2O/c1-11(16)15-9-5-8-13(10-15)14-12-6-3-2-4-7-12/h2-4,6-7,13-14H,5,8-10H2,1H3. The first-order chi connectivity index (χ1) is 7.75. The monoisotopic (exact) mass is 218 g/mol. The summed E-state index contributed by atoms with van der Waals surface area (Å²) < 4.78 is 0. The van der Waals surface area contributed by atoms with Crippen LogP contribution in [0.5, 0.6) is 0 Å². The largest absolute Gasteiger partial charge is 0.381 e. The van der Waals surface area contributed by atoms with Crippen molar-refractivity contribution in [2.24, 2.45) is 0 Å². The van der Waals surface area contributed by atoms with Gasteiger partial charge in [0.2, 0.25) is 5.91 Å². The van der Waals surface area contributed by atoms with E-state index in [2.05, 4.69) is 17.4 Å². The Morgan fingerprint density at radius 1 is 1.38 bits per heavy atom. The van der Waals surface area contributed by atoms with Gasteiger partial charge in [0.05, 0.1) is 0 Å². The fraction of sp³-hybridized carbons (Fsp3) is 0.462. The third-order valence-corrected chi connectivity index (χ3v) is 3.01. The number of anilines is 1. The van der Waals surface area contributed by atoms with Crippen molar-refractivity contribution in [1.82, 2.24) is 4.90 Å². The lowest BCUT2D eigenvalue weighted by Gasteiger charge is -2.33. The van der Waals surface area contributed by atoms with Crippen molar-refractivity contribution >= 4 is 11.6 Å². The summed E-state index contributed by atoms with van der Waals surface area (Å²) in [5, 5.41) is 3.47. The molecule has 1 aliphatic heterocycles. The summed E-state index contributed by atoms with van der Waals surface area (Å²) in [7, 11) is 0. The lowest BCUT2D eigenvalue weighted by molar-refractivity contribution is -0.129. The molecule has 3 nitrogen and oxygen atoms in total. The van der Waals surface area contributed by atoms with E-state index in [0.717, 1.165) is 31.6 Å². The summed E-state index contributed by atoms with van der Waals surface area (Å²) in [6.45, 7) is 3.37. The number of rotatable bonds is 2. The minimum absolute atomic E-state index is 0.180. The minimum atomic E-state index is 0.180. The molecule has 0 radical (unpaired) electrons. The van der Waals surface area contributed by atoms with Gasteiger partial charge in [0, 0.05) is 31.7 Å². The Bertz CT molecular complexity index is 350. The molecule has 1 heterocycles. The Hall–Kier alpha value is -1.51. The molecule has 1 atom stereocenters. The number of piperidine rings is 1. The molecule has 1 aromatic carbocycles. The van der Waals surface area contributed by atoms with Crippen molar-refractivity contribution < 1.29 is 4.79 Å². The molecule has 1 amide bonds. The Kier molecular flexibility index (Phi) is 3.44. The molecule has 3 heteroatoms. The summed E-state index contributed by atoms with van der Waals surface area (Å²) in [4.78, 5) is 13.2. The number of likely N-dealkylation sites (tertiary alicyclic amines) is 1. The third kappa shape index (κ3) is 2.75. The number of amides is 1. The van der Waals surface area contributed by atoms with Gasteiger partial charge >= 0.3 is 0 Å². The van der Waals surface area contributed by atoms with Crippen LogP contribution in [0.15, 0.2) is 30.3 Å². The van der Waals surface area contributed by atoms with Crippen LogP contribution in [-0.2, 0) is 4.79 Å². The van der Waals surface area contributed by atoms with E-state index in [1.54, 1.807) is 6.92 Å². The van der Waals surface area contributed by atoms with Gasteiger partial charge in [0.25, 0.3) is 0 Å². The SMILES string of the molecule is CC(=O)N1CCCC(Nc2ccccc2)C1. The first kappa shape index (κ1) is 11.0. The number of para-hydroxylation sites is 1. The van der Waals surface area contributed by atoms with Gasteiger partial charge in [-0.2, -0.15) is 0 Å². The van der Waals surface area contributed by atoms with E-state index in [-0.39, 0.29) is 5.91 Å². The van der Waals surface area contributed by atoms with Crippen molar-refractivity contribution in [1.29, 1.82) is 0 Å². The van der Waals surface area contributed by atoms with E-state index in [1.807, 2.05) is 23.1 Å². The zero-order valence-corrected chi connectivity index (χ0v) is 9.65. The van der Waals surface area contributed by atoms with E-state index < -0.39 is 0 Å². The molecule has 1 fully saturated rings. The zero-order valence-electron chi connectivity index (χ0n) is 9.65. The second-order valence-corrected chi connectivity index (χ2v) is 4.31. The molecule has 1 saturated heterocycles. The molecule has 86 valence electrons. The maximum atomic E-state index is 11.3. The summed E-state index contributed by atoms with van der Waals surface area (Å²) in [6.07, 6.45) is 2.22. The normalized spacial score (nSPS) is 20.6. The van der Waals surface area contributed by atoms with Gasteiger partial charge in [-0.3, -0.25) is 4.79 Å². The van der Waals surface area contributed by atoms with Gasteiger partial charge in [0.15, 0.2) is 0 Å². The second kappa shape index (κ2) is 5.01. The summed E-state index contributed by atoms with van der Waals surface area (Å²) in [6, 6.07) is 10.6. The van der Waals surface area contributed by atoms with E-state index in [9.17, 15) is 4.79 Å². The average molecular weight is 218 g/mol. The van der Waals surface area contributed by atoms with E-state index in [0.29, 0.717) is 6.04 Å². The smallest absolute Gasteiger partial charge is 0.219 e. The average Bonchev–Trinajstić information content (AvgIpc) is 2.30. The van der Waals surface area contributed by atoms with Gasteiger partial charge in [0.1, 0.15) is 0 Å². The number of hydrogen-bond acceptors (Lipinski definition) is 2. The molecular weight excluding hydrogens is 200 g/mol. The Labute approximate surface area is 96.5 Å². The minimum Gasteiger partial charge on any atom is -0.381 e. The van der Waals surface area contributed by atoms with Crippen molar-refractivity contribution in [3.63, 3.8) is 0 Å². The lowest BCUT2D eigenvalue weighted by Crippen LogP contribution is -2.44. The predicted octanol–water partition coefficient (Wildman–Crippen LogP) is 2.11. The summed E-state index contributed by atoms with van der Waals surface area (Å²) in [5.41, 5.74) is 1.14. The van der Waals surface area contributed by atoms with Crippen LogP contribution in [0.3, 0.4) is 0 Å². The van der Waals surface area contributed by atoms with E-state index in [1.165, 1.54) is 0 Å². The topological polar surface area (TPSA) is 32.3 Å². The molecule has 1 aliphatic rings. The van der Waals surface area contributed by atoms with Gasteiger partial charge in [-0.05, 0) is 25.0 Å². The first-order valence-corrected chi connectivity index (χ1v) is 5.83. The lowest BCUT2D eigenvalue weighted by atomic mass is 10.1. The maximum absolute atomic E-state index is 11.3. The number of carbonyl (C=O) groups is 1. The molecule has 2 rings (SSSR count). The number of carbonyl (C=O) groups excluding carboxylic acids is 1. The fourth-order valence-corrected chi connectivity index (χ4v) is 2.15. The molecule has 1 N–H and O–H groups in total. The van der Waals surface area contributed by atoms with Crippen LogP contribution in [0.25, 0.3) is 0 Å². The van der Waals surface area contributed by atoms with Crippen LogP contribution in [0.4, 0.5) is 5.69 Å².